The first-order valence-electron chi connectivity index (χ1n) is 8.05. The lowest BCUT2D eigenvalue weighted by atomic mass is 10.0. The summed E-state index contributed by atoms with van der Waals surface area (Å²) in [5.74, 6) is 0.244. The highest BCUT2D eigenvalue weighted by atomic mass is 16.5. The van der Waals surface area contributed by atoms with E-state index in [0.717, 1.165) is 51.1 Å². The van der Waals surface area contributed by atoms with Crippen LogP contribution in [-0.4, -0.2) is 46.4 Å². The van der Waals surface area contributed by atoms with Crippen LogP contribution in [0.1, 0.15) is 49.5 Å². The molecule has 116 valence electrons. The monoisotopic (exact) mass is 291 g/mol. The van der Waals surface area contributed by atoms with Crippen molar-refractivity contribution < 1.29 is 9.53 Å². The molecule has 0 aliphatic carbocycles. The second-order valence-corrected chi connectivity index (χ2v) is 6.35. The molecule has 0 saturated carbocycles. The van der Waals surface area contributed by atoms with Crippen LogP contribution in [0.5, 0.6) is 0 Å². The molecule has 0 aromatic carbocycles. The maximum absolute atomic E-state index is 12.4. The molecule has 0 unspecified atom stereocenters. The fraction of sp³-hybridized carbons (Fsp3) is 0.750. The zero-order valence-corrected chi connectivity index (χ0v) is 13.0. The standard InChI is InChI=1S/C16H25N3O2/c1-12-9-13(2)19(17-12)14-5-3-7-18(11-14)16(20)10-15-6-4-8-21-15/h9,14-15H,3-8,10-11H2,1-2H3/t14-,15+/m0/s1. The fourth-order valence-electron chi connectivity index (χ4n) is 3.53. The molecule has 0 radical (unpaired) electrons. The average molecular weight is 291 g/mol. The smallest absolute Gasteiger partial charge is 0.225 e. The molecular formula is C16H25N3O2. The minimum absolute atomic E-state index is 0.145. The summed E-state index contributed by atoms with van der Waals surface area (Å²) in [6, 6.07) is 2.42. The topological polar surface area (TPSA) is 47.4 Å². The van der Waals surface area contributed by atoms with Crippen molar-refractivity contribution in [3.63, 3.8) is 0 Å². The van der Waals surface area contributed by atoms with Crippen molar-refractivity contribution in [1.82, 2.24) is 14.7 Å². The van der Waals surface area contributed by atoms with Crippen molar-refractivity contribution >= 4 is 5.91 Å². The quantitative estimate of drug-likeness (QED) is 0.858. The molecule has 1 aromatic heterocycles. The number of carbonyl (C=O) groups is 1. The van der Waals surface area contributed by atoms with E-state index < -0.39 is 0 Å². The van der Waals surface area contributed by atoms with Gasteiger partial charge in [0.2, 0.25) is 5.91 Å². The minimum Gasteiger partial charge on any atom is -0.378 e. The van der Waals surface area contributed by atoms with Crippen LogP contribution in [0.3, 0.4) is 0 Å². The van der Waals surface area contributed by atoms with Crippen LogP contribution in [0.2, 0.25) is 0 Å². The second-order valence-electron chi connectivity index (χ2n) is 6.35. The summed E-state index contributed by atoms with van der Waals surface area (Å²) in [5.41, 5.74) is 2.24. The predicted octanol–water partition coefficient (Wildman–Crippen LogP) is 2.23. The van der Waals surface area contributed by atoms with E-state index in [1.165, 1.54) is 5.69 Å². The Balaban J connectivity index is 1.62. The summed E-state index contributed by atoms with van der Waals surface area (Å²) in [4.78, 5) is 14.4. The maximum atomic E-state index is 12.4. The summed E-state index contributed by atoms with van der Waals surface area (Å²) in [5, 5.41) is 4.58. The lowest BCUT2D eigenvalue weighted by Crippen LogP contribution is -2.42. The Kier molecular flexibility index (Phi) is 4.29. The van der Waals surface area contributed by atoms with Crippen molar-refractivity contribution in [2.75, 3.05) is 19.7 Å². The van der Waals surface area contributed by atoms with Crippen LogP contribution in [0.15, 0.2) is 6.07 Å². The van der Waals surface area contributed by atoms with Gasteiger partial charge < -0.3 is 9.64 Å². The molecule has 2 fully saturated rings. The number of aromatic nitrogens is 2. The molecule has 0 N–H and O–H groups in total. The number of carbonyl (C=O) groups excluding carboxylic acids is 1. The van der Waals surface area contributed by atoms with Crippen LogP contribution in [0, 0.1) is 13.8 Å². The largest absolute Gasteiger partial charge is 0.378 e. The predicted molar refractivity (Wildman–Crippen MR) is 80.1 cm³/mol. The van der Waals surface area contributed by atoms with E-state index in [1.54, 1.807) is 0 Å². The maximum Gasteiger partial charge on any atom is 0.225 e. The molecule has 0 spiro atoms. The summed E-state index contributed by atoms with van der Waals surface area (Å²) < 4.78 is 7.68. The third-order valence-electron chi connectivity index (χ3n) is 4.57. The van der Waals surface area contributed by atoms with Gasteiger partial charge in [0, 0.05) is 25.4 Å². The van der Waals surface area contributed by atoms with Crippen LogP contribution in [0.25, 0.3) is 0 Å². The second kappa shape index (κ2) is 6.18. The molecule has 5 nitrogen and oxygen atoms in total. The average Bonchev–Trinajstić information content (AvgIpc) is 3.08. The summed E-state index contributed by atoms with van der Waals surface area (Å²) in [6.45, 7) is 6.58. The van der Waals surface area contributed by atoms with Gasteiger partial charge in [-0.3, -0.25) is 9.48 Å². The molecule has 2 aliphatic heterocycles. The first-order chi connectivity index (χ1) is 10.1. The Bertz CT molecular complexity index is 506. The molecule has 5 heteroatoms. The Hall–Kier alpha value is -1.36. The van der Waals surface area contributed by atoms with E-state index in [2.05, 4.69) is 22.8 Å². The van der Waals surface area contributed by atoms with E-state index in [9.17, 15) is 4.79 Å². The van der Waals surface area contributed by atoms with Crippen molar-refractivity contribution in [2.45, 2.75) is 58.1 Å². The van der Waals surface area contributed by atoms with Crippen LogP contribution < -0.4 is 0 Å². The van der Waals surface area contributed by atoms with Gasteiger partial charge in [0.05, 0.1) is 24.3 Å². The Morgan fingerprint density at radius 2 is 2.24 bits per heavy atom. The number of aryl methyl sites for hydroxylation is 2. The third-order valence-corrected chi connectivity index (χ3v) is 4.57. The number of hydrogen-bond acceptors (Lipinski definition) is 3. The summed E-state index contributed by atoms with van der Waals surface area (Å²) in [7, 11) is 0. The van der Waals surface area contributed by atoms with Crippen LogP contribution >= 0.6 is 0 Å². The molecule has 2 aliphatic rings. The molecule has 3 rings (SSSR count). The number of amides is 1. The lowest BCUT2D eigenvalue weighted by Gasteiger charge is -2.34. The van der Waals surface area contributed by atoms with E-state index in [-0.39, 0.29) is 12.0 Å². The Morgan fingerprint density at radius 1 is 1.38 bits per heavy atom. The fourth-order valence-corrected chi connectivity index (χ4v) is 3.53. The van der Waals surface area contributed by atoms with Gasteiger partial charge in [-0.25, -0.2) is 0 Å². The third kappa shape index (κ3) is 3.28. The molecule has 1 amide bonds. The van der Waals surface area contributed by atoms with Crippen molar-refractivity contribution in [2.24, 2.45) is 0 Å². The van der Waals surface area contributed by atoms with Gasteiger partial charge in [-0.1, -0.05) is 0 Å². The zero-order chi connectivity index (χ0) is 14.8. The van der Waals surface area contributed by atoms with Gasteiger partial charge in [0.1, 0.15) is 0 Å². The van der Waals surface area contributed by atoms with Crippen molar-refractivity contribution in [3.05, 3.63) is 17.5 Å². The SMILES string of the molecule is Cc1cc(C)n([C@H]2CCCN(C(=O)C[C@H]3CCCO3)C2)n1. The zero-order valence-electron chi connectivity index (χ0n) is 13.0. The van der Waals surface area contributed by atoms with Gasteiger partial charge in [0.25, 0.3) is 0 Å². The molecule has 3 heterocycles. The van der Waals surface area contributed by atoms with Crippen molar-refractivity contribution in [3.8, 4) is 0 Å². The number of nitrogens with zero attached hydrogens (tertiary/aromatic N) is 3. The highest BCUT2D eigenvalue weighted by molar-refractivity contribution is 5.76. The molecule has 1 aromatic rings. The lowest BCUT2D eigenvalue weighted by molar-refractivity contribution is -0.135. The molecule has 21 heavy (non-hydrogen) atoms. The van der Waals surface area contributed by atoms with E-state index in [4.69, 9.17) is 4.74 Å². The minimum atomic E-state index is 0.145. The summed E-state index contributed by atoms with van der Waals surface area (Å²) >= 11 is 0. The van der Waals surface area contributed by atoms with E-state index >= 15 is 0 Å². The number of likely N-dealkylation sites (tertiary alicyclic amines) is 1. The molecule has 2 atom stereocenters. The van der Waals surface area contributed by atoms with Crippen LogP contribution in [0.4, 0.5) is 0 Å². The highest BCUT2D eigenvalue weighted by Crippen LogP contribution is 2.24. The number of piperidine rings is 1. The first-order valence-corrected chi connectivity index (χ1v) is 8.05. The van der Waals surface area contributed by atoms with E-state index in [1.807, 2.05) is 11.8 Å². The summed E-state index contributed by atoms with van der Waals surface area (Å²) in [6.07, 6.45) is 4.97. The van der Waals surface area contributed by atoms with E-state index in [0.29, 0.717) is 12.5 Å². The van der Waals surface area contributed by atoms with Gasteiger partial charge >= 0.3 is 0 Å². The normalized spacial score (nSPS) is 26.3. The van der Waals surface area contributed by atoms with Gasteiger partial charge in [-0.15, -0.1) is 0 Å². The van der Waals surface area contributed by atoms with Crippen molar-refractivity contribution in [1.29, 1.82) is 0 Å². The molecule has 0 bridgehead atoms. The number of hydrogen-bond donors (Lipinski definition) is 0. The Labute approximate surface area is 126 Å². The van der Waals surface area contributed by atoms with Gasteiger partial charge in [0.15, 0.2) is 0 Å². The number of rotatable bonds is 3. The van der Waals surface area contributed by atoms with Crippen LogP contribution in [-0.2, 0) is 9.53 Å². The first kappa shape index (κ1) is 14.6. The van der Waals surface area contributed by atoms with Gasteiger partial charge in [-0.2, -0.15) is 5.10 Å². The molecular weight excluding hydrogens is 266 g/mol. The number of ether oxygens (including phenoxy) is 1. The Morgan fingerprint density at radius 3 is 2.90 bits per heavy atom. The van der Waals surface area contributed by atoms with Gasteiger partial charge in [-0.05, 0) is 45.6 Å². The molecule has 2 saturated heterocycles. The highest BCUT2D eigenvalue weighted by Gasteiger charge is 2.28.